The lowest BCUT2D eigenvalue weighted by Crippen LogP contribution is -2.11. The van der Waals surface area contributed by atoms with E-state index in [-0.39, 0.29) is 6.04 Å². The highest BCUT2D eigenvalue weighted by Gasteiger charge is 2.09. The van der Waals surface area contributed by atoms with Crippen LogP contribution in [0.5, 0.6) is 0 Å². The fourth-order valence-corrected chi connectivity index (χ4v) is 2.50. The zero-order chi connectivity index (χ0) is 13.2. The zero-order valence-electron chi connectivity index (χ0n) is 10.3. The van der Waals surface area contributed by atoms with Crippen LogP contribution >= 0.6 is 22.6 Å². The van der Waals surface area contributed by atoms with Crippen LogP contribution in [0.25, 0.3) is 10.9 Å². The molecule has 0 spiro atoms. The summed E-state index contributed by atoms with van der Waals surface area (Å²) >= 11 is 2.30. The second kappa shape index (κ2) is 5.27. The average Bonchev–Trinajstić information content (AvgIpc) is 2.47. The molecule has 1 aromatic heterocycles. The highest BCUT2D eigenvalue weighted by atomic mass is 127. The van der Waals surface area contributed by atoms with Crippen molar-refractivity contribution in [3.05, 3.63) is 75.5 Å². The molecule has 2 nitrogen and oxygen atoms in total. The minimum atomic E-state index is -0.108. The van der Waals surface area contributed by atoms with E-state index >= 15 is 0 Å². The largest absolute Gasteiger partial charge is 0.320 e. The minimum Gasteiger partial charge on any atom is -0.320 e. The van der Waals surface area contributed by atoms with E-state index in [9.17, 15) is 0 Å². The summed E-state index contributed by atoms with van der Waals surface area (Å²) in [5.74, 6) is 0. The molecule has 2 aromatic carbocycles. The predicted octanol–water partition coefficient (Wildman–Crippen LogP) is 3.89. The Labute approximate surface area is 125 Å². The number of benzene rings is 2. The molecule has 0 aliphatic heterocycles. The Kier molecular flexibility index (Phi) is 3.48. The van der Waals surface area contributed by atoms with Crippen molar-refractivity contribution in [1.29, 1.82) is 0 Å². The first-order valence-corrected chi connectivity index (χ1v) is 7.17. The first-order chi connectivity index (χ1) is 9.24. The maximum atomic E-state index is 6.33. The number of hydrogen-bond donors (Lipinski definition) is 1. The quantitative estimate of drug-likeness (QED) is 0.705. The van der Waals surface area contributed by atoms with E-state index in [0.29, 0.717) is 0 Å². The maximum Gasteiger partial charge on any atom is 0.0705 e. The summed E-state index contributed by atoms with van der Waals surface area (Å²) in [6.45, 7) is 0. The van der Waals surface area contributed by atoms with Crippen LogP contribution in [0, 0.1) is 3.57 Å². The first kappa shape index (κ1) is 12.6. The van der Waals surface area contributed by atoms with Crippen molar-refractivity contribution in [2.75, 3.05) is 0 Å². The Morgan fingerprint density at radius 2 is 1.68 bits per heavy atom. The van der Waals surface area contributed by atoms with Gasteiger partial charge in [0.25, 0.3) is 0 Å². The fraction of sp³-hybridized carbons (Fsp3) is 0.0625. The molecular weight excluding hydrogens is 347 g/mol. The number of halogens is 1. The molecule has 0 bridgehead atoms. The molecular formula is C16H13IN2. The normalized spacial score (nSPS) is 12.5. The monoisotopic (exact) mass is 360 g/mol. The summed E-state index contributed by atoms with van der Waals surface area (Å²) in [7, 11) is 0. The molecule has 3 heteroatoms. The molecule has 0 fully saturated rings. The second-order valence-corrected chi connectivity index (χ2v) is 5.73. The van der Waals surface area contributed by atoms with Gasteiger partial charge in [0.2, 0.25) is 0 Å². The third-order valence-electron chi connectivity index (χ3n) is 3.22. The molecule has 2 N–H and O–H groups in total. The summed E-state index contributed by atoms with van der Waals surface area (Å²) < 4.78 is 1.22. The average molecular weight is 360 g/mol. The van der Waals surface area contributed by atoms with Gasteiger partial charge in [0, 0.05) is 15.2 Å². The summed E-state index contributed by atoms with van der Waals surface area (Å²) in [5.41, 5.74) is 9.53. The van der Waals surface area contributed by atoms with Crippen LogP contribution < -0.4 is 5.73 Å². The number of aromatic nitrogens is 1. The molecule has 94 valence electrons. The zero-order valence-corrected chi connectivity index (χ0v) is 12.4. The summed E-state index contributed by atoms with van der Waals surface area (Å²) in [4.78, 5) is 4.38. The smallest absolute Gasteiger partial charge is 0.0705 e. The molecule has 0 saturated carbocycles. The minimum absolute atomic E-state index is 0.108. The van der Waals surface area contributed by atoms with E-state index in [0.717, 1.165) is 22.0 Å². The van der Waals surface area contributed by atoms with Crippen molar-refractivity contribution < 1.29 is 0 Å². The first-order valence-electron chi connectivity index (χ1n) is 6.10. The third kappa shape index (κ3) is 2.62. The predicted molar refractivity (Wildman–Crippen MR) is 86.9 cm³/mol. The molecule has 0 amide bonds. The molecule has 3 rings (SSSR count). The molecule has 19 heavy (non-hydrogen) atoms. The molecule has 0 aliphatic carbocycles. The Hall–Kier alpha value is -1.46. The molecule has 1 atom stereocenters. The van der Waals surface area contributed by atoms with Gasteiger partial charge in [-0.1, -0.05) is 30.3 Å². The second-order valence-electron chi connectivity index (χ2n) is 4.48. The number of hydrogen-bond acceptors (Lipinski definition) is 2. The van der Waals surface area contributed by atoms with Gasteiger partial charge >= 0.3 is 0 Å². The van der Waals surface area contributed by atoms with Crippen LogP contribution in [-0.4, -0.2) is 4.98 Å². The number of fused-ring (bicyclic) bond motifs is 1. The standard InChI is InChI=1S/C16H13IN2/c17-14-7-5-12(6-8-14)16(18)13-4-3-11-2-1-9-19-15(11)10-13/h1-10,16H,18H2. The molecule has 0 radical (unpaired) electrons. The Morgan fingerprint density at radius 1 is 0.947 bits per heavy atom. The molecule has 0 saturated heterocycles. The molecule has 1 unspecified atom stereocenters. The lowest BCUT2D eigenvalue weighted by atomic mass is 9.98. The van der Waals surface area contributed by atoms with Crippen molar-refractivity contribution in [1.82, 2.24) is 4.98 Å². The highest BCUT2D eigenvalue weighted by Crippen LogP contribution is 2.23. The van der Waals surface area contributed by atoms with Gasteiger partial charge in [-0.2, -0.15) is 0 Å². The lowest BCUT2D eigenvalue weighted by molar-refractivity contribution is 0.872. The molecule has 3 aromatic rings. The summed E-state index contributed by atoms with van der Waals surface area (Å²) in [6.07, 6.45) is 1.81. The van der Waals surface area contributed by atoms with Crippen LogP contribution in [0.1, 0.15) is 17.2 Å². The van der Waals surface area contributed by atoms with E-state index < -0.39 is 0 Å². The van der Waals surface area contributed by atoms with Gasteiger partial charge in [-0.3, -0.25) is 4.98 Å². The highest BCUT2D eigenvalue weighted by molar-refractivity contribution is 14.1. The van der Waals surface area contributed by atoms with Crippen molar-refractivity contribution in [3.63, 3.8) is 0 Å². The summed E-state index contributed by atoms with van der Waals surface area (Å²) in [6, 6.07) is 18.4. The lowest BCUT2D eigenvalue weighted by Gasteiger charge is -2.13. The van der Waals surface area contributed by atoms with Crippen LogP contribution in [0.2, 0.25) is 0 Å². The number of pyridine rings is 1. The SMILES string of the molecule is NC(c1ccc(I)cc1)c1ccc2cccnc2c1. The van der Waals surface area contributed by atoms with Gasteiger partial charge < -0.3 is 5.73 Å². The van der Waals surface area contributed by atoms with E-state index in [4.69, 9.17) is 5.73 Å². The van der Waals surface area contributed by atoms with E-state index in [1.807, 2.05) is 12.3 Å². The fourth-order valence-electron chi connectivity index (χ4n) is 2.14. The molecule has 0 aliphatic rings. The topological polar surface area (TPSA) is 38.9 Å². The van der Waals surface area contributed by atoms with Gasteiger partial charge in [-0.15, -0.1) is 0 Å². The molecule has 1 heterocycles. The third-order valence-corrected chi connectivity index (χ3v) is 3.94. The van der Waals surface area contributed by atoms with Crippen LogP contribution in [-0.2, 0) is 0 Å². The van der Waals surface area contributed by atoms with E-state index in [2.05, 4.69) is 76.1 Å². The maximum absolute atomic E-state index is 6.33. The number of rotatable bonds is 2. The van der Waals surface area contributed by atoms with Crippen molar-refractivity contribution in [2.24, 2.45) is 5.73 Å². The Bertz CT molecular complexity index is 707. The van der Waals surface area contributed by atoms with Crippen molar-refractivity contribution >= 4 is 33.5 Å². The van der Waals surface area contributed by atoms with Gasteiger partial charge in [0.1, 0.15) is 0 Å². The van der Waals surface area contributed by atoms with Crippen LogP contribution in [0.15, 0.2) is 60.8 Å². The van der Waals surface area contributed by atoms with E-state index in [1.54, 1.807) is 0 Å². The van der Waals surface area contributed by atoms with Gasteiger partial charge in [-0.05, 0) is 58.0 Å². The van der Waals surface area contributed by atoms with Crippen molar-refractivity contribution in [3.8, 4) is 0 Å². The Morgan fingerprint density at radius 3 is 2.47 bits per heavy atom. The Balaban J connectivity index is 2.01. The number of nitrogens with two attached hydrogens (primary N) is 1. The van der Waals surface area contributed by atoms with Crippen LogP contribution in [0.4, 0.5) is 0 Å². The van der Waals surface area contributed by atoms with Gasteiger partial charge in [0.05, 0.1) is 11.6 Å². The summed E-state index contributed by atoms with van der Waals surface area (Å²) in [5, 5.41) is 1.14. The van der Waals surface area contributed by atoms with E-state index in [1.165, 1.54) is 3.57 Å². The van der Waals surface area contributed by atoms with Crippen LogP contribution in [0.3, 0.4) is 0 Å². The number of nitrogens with zero attached hydrogens (tertiary/aromatic N) is 1. The van der Waals surface area contributed by atoms with Gasteiger partial charge in [-0.25, -0.2) is 0 Å². The van der Waals surface area contributed by atoms with Gasteiger partial charge in [0.15, 0.2) is 0 Å². The van der Waals surface area contributed by atoms with Crippen molar-refractivity contribution in [2.45, 2.75) is 6.04 Å².